The van der Waals surface area contributed by atoms with Gasteiger partial charge in [-0.05, 0) is 30.7 Å². The number of rotatable bonds is 8. The largest absolute Gasteiger partial charge is 0.371 e. The van der Waals surface area contributed by atoms with Gasteiger partial charge in [-0.3, -0.25) is 4.79 Å². The van der Waals surface area contributed by atoms with E-state index in [2.05, 4.69) is 17.4 Å². The molecule has 5 heteroatoms. The number of nitrogens with one attached hydrogen (secondary N) is 1. The van der Waals surface area contributed by atoms with E-state index in [9.17, 15) is 4.79 Å². The minimum Gasteiger partial charge on any atom is -0.371 e. The molecule has 1 fully saturated rings. The quantitative estimate of drug-likeness (QED) is 0.715. The summed E-state index contributed by atoms with van der Waals surface area (Å²) in [7, 11) is 0. The number of hydrogen-bond acceptors (Lipinski definition) is 3. The summed E-state index contributed by atoms with van der Waals surface area (Å²) in [4.78, 5) is 11.7. The van der Waals surface area contributed by atoms with Crippen molar-refractivity contribution in [3.8, 4) is 0 Å². The van der Waals surface area contributed by atoms with E-state index < -0.39 is 0 Å². The minimum atomic E-state index is -0.0598. The molecule has 1 aliphatic carbocycles. The zero-order valence-corrected chi connectivity index (χ0v) is 12.4. The number of halogens is 1. The van der Waals surface area contributed by atoms with Crippen LogP contribution >= 0.6 is 12.4 Å². The summed E-state index contributed by atoms with van der Waals surface area (Å²) < 4.78 is 5.39. The highest BCUT2D eigenvalue weighted by Crippen LogP contribution is 2.32. The van der Waals surface area contributed by atoms with E-state index in [1.807, 2.05) is 18.2 Å². The number of ether oxygens (including phenoxy) is 1. The summed E-state index contributed by atoms with van der Waals surface area (Å²) in [6, 6.07) is 10.2. The molecular formula is C15H23ClN2O2. The standard InChI is InChI=1S/C15H22N2O2.ClH/c16-10-14(13-6-7-13)17-15(18)11-19-9-8-12-4-2-1-3-5-12;/h1-5,13-14H,6-11,16H2,(H,17,18);1H. The lowest BCUT2D eigenvalue weighted by Gasteiger charge is -2.15. The molecule has 4 nitrogen and oxygen atoms in total. The van der Waals surface area contributed by atoms with E-state index in [0.717, 1.165) is 6.42 Å². The highest BCUT2D eigenvalue weighted by molar-refractivity contribution is 5.85. The molecule has 20 heavy (non-hydrogen) atoms. The summed E-state index contributed by atoms with van der Waals surface area (Å²) in [5.74, 6) is 0.522. The Hall–Kier alpha value is -1.10. The van der Waals surface area contributed by atoms with Gasteiger partial charge in [0.05, 0.1) is 6.61 Å². The second-order valence-electron chi connectivity index (χ2n) is 5.04. The highest BCUT2D eigenvalue weighted by atomic mass is 35.5. The van der Waals surface area contributed by atoms with Gasteiger partial charge in [0.2, 0.25) is 5.91 Å². The molecule has 3 N–H and O–H groups in total. The van der Waals surface area contributed by atoms with Crippen LogP contribution in [0.4, 0.5) is 0 Å². The van der Waals surface area contributed by atoms with Crippen molar-refractivity contribution in [1.29, 1.82) is 0 Å². The summed E-state index contributed by atoms with van der Waals surface area (Å²) in [5, 5.41) is 2.94. The third kappa shape index (κ3) is 5.90. The minimum absolute atomic E-state index is 0. The average Bonchev–Trinajstić information content (AvgIpc) is 3.27. The Labute approximate surface area is 126 Å². The van der Waals surface area contributed by atoms with E-state index in [1.54, 1.807) is 0 Å². The Kier molecular flexibility index (Phi) is 7.59. The fourth-order valence-corrected chi connectivity index (χ4v) is 2.12. The summed E-state index contributed by atoms with van der Waals surface area (Å²) in [6.45, 7) is 1.20. The van der Waals surface area contributed by atoms with Gasteiger partial charge in [0.15, 0.2) is 0 Å². The van der Waals surface area contributed by atoms with Crippen LogP contribution in [0.15, 0.2) is 30.3 Å². The number of carbonyl (C=O) groups is 1. The van der Waals surface area contributed by atoms with Crippen LogP contribution in [0.25, 0.3) is 0 Å². The summed E-state index contributed by atoms with van der Waals surface area (Å²) >= 11 is 0. The van der Waals surface area contributed by atoms with Crippen LogP contribution in [0.3, 0.4) is 0 Å². The Morgan fingerprint density at radius 1 is 1.35 bits per heavy atom. The third-order valence-electron chi connectivity index (χ3n) is 3.40. The second kappa shape index (κ2) is 8.95. The lowest BCUT2D eigenvalue weighted by atomic mass is 10.2. The molecule has 1 unspecified atom stereocenters. The van der Waals surface area contributed by atoms with Gasteiger partial charge in [0, 0.05) is 12.6 Å². The Balaban J connectivity index is 0.00000200. The molecule has 112 valence electrons. The molecule has 0 bridgehead atoms. The molecule has 0 spiro atoms. The van der Waals surface area contributed by atoms with E-state index in [1.165, 1.54) is 18.4 Å². The van der Waals surface area contributed by atoms with Crippen LogP contribution in [0, 0.1) is 5.92 Å². The number of benzene rings is 1. The smallest absolute Gasteiger partial charge is 0.246 e. The van der Waals surface area contributed by atoms with Gasteiger partial charge in [-0.2, -0.15) is 0 Å². The van der Waals surface area contributed by atoms with Gasteiger partial charge >= 0.3 is 0 Å². The maximum absolute atomic E-state index is 11.7. The van der Waals surface area contributed by atoms with Gasteiger partial charge in [0.25, 0.3) is 0 Å². The van der Waals surface area contributed by atoms with Gasteiger partial charge in [-0.15, -0.1) is 12.4 Å². The first kappa shape index (κ1) is 17.0. The molecule has 1 aromatic carbocycles. The van der Waals surface area contributed by atoms with E-state index in [4.69, 9.17) is 10.5 Å². The monoisotopic (exact) mass is 298 g/mol. The van der Waals surface area contributed by atoms with E-state index in [-0.39, 0.29) is 31.0 Å². The van der Waals surface area contributed by atoms with Crippen molar-refractivity contribution in [2.75, 3.05) is 19.8 Å². The van der Waals surface area contributed by atoms with Crippen LogP contribution in [-0.2, 0) is 16.0 Å². The summed E-state index contributed by atoms with van der Waals surface area (Å²) in [5.41, 5.74) is 6.86. The van der Waals surface area contributed by atoms with Gasteiger partial charge in [0.1, 0.15) is 6.61 Å². The molecular weight excluding hydrogens is 276 g/mol. The third-order valence-corrected chi connectivity index (χ3v) is 3.40. The molecule has 1 atom stereocenters. The van der Waals surface area contributed by atoms with Crippen molar-refractivity contribution < 1.29 is 9.53 Å². The molecule has 1 saturated carbocycles. The first-order valence-corrected chi connectivity index (χ1v) is 6.90. The van der Waals surface area contributed by atoms with Crippen LogP contribution in [0.2, 0.25) is 0 Å². The van der Waals surface area contributed by atoms with Crippen LogP contribution in [0.5, 0.6) is 0 Å². The van der Waals surface area contributed by atoms with Crippen LogP contribution in [0.1, 0.15) is 18.4 Å². The number of hydrogen-bond donors (Lipinski definition) is 2. The zero-order chi connectivity index (χ0) is 13.5. The SMILES string of the molecule is Cl.NCC(NC(=O)COCCc1ccccc1)C1CC1. The van der Waals surface area contributed by atoms with Gasteiger partial charge in [-0.25, -0.2) is 0 Å². The Bertz CT molecular complexity index is 396. The Morgan fingerprint density at radius 2 is 2.05 bits per heavy atom. The lowest BCUT2D eigenvalue weighted by Crippen LogP contribution is -2.43. The maximum atomic E-state index is 11.7. The molecule has 0 heterocycles. The average molecular weight is 299 g/mol. The van der Waals surface area contributed by atoms with Crippen LogP contribution in [-0.4, -0.2) is 31.7 Å². The maximum Gasteiger partial charge on any atom is 0.246 e. The van der Waals surface area contributed by atoms with Gasteiger partial charge < -0.3 is 15.8 Å². The number of amides is 1. The molecule has 0 radical (unpaired) electrons. The van der Waals surface area contributed by atoms with Crippen molar-refractivity contribution >= 4 is 18.3 Å². The van der Waals surface area contributed by atoms with Crippen LogP contribution < -0.4 is 11.1 Å². The van der Waals surface area contributed by atoms with Crippen molar-refractivity contribution in [3.63, 3.8) is 0 Å². The van der Waals surface area contributed by atoms with Crippen molar-refractivity contribution in [1.82, 2.24) is 5.32 Å². The van der Waals surface area contributed by atoms with Crippen molar-refractivity contribution in [2.45, 2.75) is 25.3 Å². The molecule has 0 aromatic heterocycles. The topological polar surface area (TPSA) is 64.3 Å². The number of carbonyl (C=O) groups excluding carboxylic acids is 1. The van der Waals surface area contributed by atoms with E-state index >= 15 is 0 Å². The molecule has 0 aliphatic heterocycles. The molecule has 0 saturated heterocycles. The predicted molar refractivity (Wildman–Crippen MR) is 81.9 cm³/mol. The predicted octanol–water partition coefficient (Wildman–Crippen LogP) is 1.52. The molecule has 2 rings (SSSR count). The Morgan fingerprint density at radius 3 is 2.65 bits per heavy atom. The molecule has 1 amide bonds. The van der Waals surface area contributed by atoms with E-state index in [0.29, 0.717) is 19.1 Å². The highest BCUT2D eigenvalue weighted by Gasteiger charge is 2.31. The molecule has 1 aromatic rings. The lowest BCUT2D eigenvalue weighted by molar-refractivity contribution is -0.126. The van der Waals surface area contributed by atoms with Crippen molar-refractivity contribution in [3.05, 3.63) is 35.9 Å². The second-order valence-corrected chi connectivity index (χ2v) is 5.04. The molecule has 1 aliphatic rings. The number of nitrogens with two attached hydrogens (primary N) is 1. The fourth-order valence-electron chi connectivity index (χ4n) is 2.12. The van der Waals surface area contributed by atoms with Crippen molar-refractivity contribution in [2.24, 2.45) is 11.7 Å². The normalized spacial score (nSPS) is 15.2. The van der Waals surface area contributed by atoms with Gasteiger partial charge in [-0.1, -0.05) is 30.3 Å². The zero-order valence-electron chi connectivity index (χ0n) is 11.6. The fraction of sp³-hybridized carbons (Fsp3) is 0.533. The summed E-state index contributed by atoms with van der Waals surface area (Å²) in [6.07, 6.45) is 3.19. The first-order chi connectivity index (χ1) is 9.29. The first-order valence-electron chi connectivity index (χ1n) is 6.90.